The summed E-state index contributed by atoms with van der Waals surface area (Å²) in [6.45, 7) is 0. The molecule has 0 spiro atoms. The predicted molar refractivity (Wildman–Crippen MR) is 95.6 cm³/mol. The maximum absolute atomic E-state index is 11.8. The van der Waals surface area contributed by atoms with Crippen molar-refractivity contribution in [3.05, 3.63) is 22.7 Å². The lowest BCUT2D eigenvalue weighted by atomic mass is 10.1. The second kappa shape index (κ2) is 10.4. The summed E-state index contributed by atoms with van der Waals surface area (Å²) in [5.74, 6) is -1.24. The van der Waals surface area contributed by atoms with Crippen LogP contribution >= 0.6 is 34.8 Å². The van der Waals surface area contributed by atoms with Gasteiger partial charge in [0.1, 0.15) is 0 Å². The van der Waals surface area contributed by atoms with Crippen LogP contribution in [0.5, 0.6) is 0 Å². The Labute approximate surface area is 154 Å². The molecule has 0 aliphatic rings. The molecule has 3 N–H and O–H groups in total. The van der Waals surface area contributed by atoms with Crippen molar-refractivity contribution >= 4 is 64.0 Å². The Kier molecular flexibility index (Phi) is 8.89. The lowest BCUT2D eigenvalue weighted by molar-refractivity contribution is -0.117. The number of hydrogen-bond donors (Lipinski definition) is 3. The van der Waals surface area contributed by atoms with E-state index in [0.29, 0.717) is 24.6 Å². The van der Waals surface area contributed by atoms with Crippen LogP contribution in [0.1, 0.15) is 36.0 Å². The Balaban J connectivity index is 3.03. The van der Waals surface area contributed by atoms with Gasteiger partial charge in [0, 0.05) is 24.6 Å². The van der Waals surface area contributed by atoms with Crippen LogP contribution < -0.4 is 10.6 Å². The van der Waals surface area contributed by atoms with Crippen molar-refractivity contribution in [1.82, 2.24) is 0 Å². The topological polar surface area (TPSA) is 95.5 Å². The number of rotatable bonds is 9. The summed E-state index contributed by atoms with van der Waals surface area (Å²) >= 11 is 17.2. The van der Waals surface area contributed by atoms with Crippen LogP contribution in [0.3, 0.4) is 0 Å². The fourth-order valence-electron chi connectivity index (χ4n) is 1.81. The van der Waals surface area contributed by atoms with Crippen LogP contribution in [0.2, 0.25) is 5.02 Å². The van der Waals surface area contributed by atoms with E-state index >= 15 is 0 Å². The second-order valence-electron chi connectivity index (χ2n) is 4.87. The molecule has 0 atom stereocenters. The van der Waals surface area contributed by atoms with E-state index in [1.54, 1.807) is 0 Å². The molecule has 0 radical (unpaired) electrons. The molecule has 132 valence electrons. The first-order valence-electron chi connectivity index (χ1n) is 7.17. The van der Waals surface area contributed by atoms with Gasteiger partial charge in [0.05, 0.1) is 22.0 Å². The number of benzene rings is 1. The molecule has 9 heteroatoms. The molecule has 1 rings (SSSR count). The number of amides is 2. The smallest absolute Gasteiger partial charge is 0.335 e. The maximum atomic E-state index is 11.8. The van der Waals surface area contributed by atoms with Crippen molar-refractivity contribution in [2.75, 3.05) is 22.4 Å². The third-order valence-corrected chi connectivity index (χ3v) is 3.88. The van der Waals surface area contributed by atoms with Crippen molar-refractivity contribution in [3.63, 3.8) is 0 Å². The van der Waals surface area contributed by atoms with Gasteiger partial charge in [0.25, 0.3) is 0 Å². The highest BCUT2D eigenvalue weighted by Gasteiger charge is 2.16. The van der Waals surface area contributed by atoms with E-state index in [-0.39, 0.29) is 46.6 Å². The summed E-state index contributed by atoms with van der Waals surface area (Å²) in [7, 11) is 0. The zero-order valence-electron chi connectivity index (χ0n) is 12.7. The highest BCUT2D eigenvalue weighted by atomic mass is 35.5. The van der Waals surface area contributed by atoms with Crippen LogP contribution in [0.25, 0.3) is 0 Å². The van der Waals surface area contributed by atoms with Gasteiger partial charge >= 0.3 is 5.97 Å². The minimum atomic E-state index is -1.21. The largest absolute Gasteiger partial charge is 0.478 e. The third kappa shape index (κ3) is 6.55. The van der Waals surface area contributed by atoms with Crippen molar-refractivity contribution in [3.8, 4) is 0 Å². The molecule has 0 saturated carbocycles. The zero-order chi connectivity index (χ0) is 18.1. The number of nitrogens with one attached hydrogen (secondary N) is 2. The Morgan fingerprint density at radius 3 is 1.67 bits per heavy atom. The van der Waals surface area contributed by atoms with E-state index < -0.39 is 5.97 Å². The summed E-state index contributed by atoms with van der Waals surface area (Å²) in [6.07, 6.45) is 1.31. The fourth-order valence-corrected chi connectivity index (χ4v) is 2.28. The molecule has 0 saturated heterocycles. The van der Waals surface area contributed by atoms with Crippen LogP contribution in [-0.4, -0.2) is 34.7 Å². The van der Waals surface area contributed by atoms with Gasteiger partial charge in [-0.05, 0) is 25.0 Å². The molecule has 0 fully saturated rings. The minimum absolute atomic E-state index is 0.0541. The molecule has 0 unspecified atom stereocenters. The average molecular weight is 396 g/mol. The van der Waals surface area contributed by atoms with E-state index in [0.717, 1.165) is 0 Å². The van der Waals surface area contributed by atoms with E-state index in [9.17, 15) is 19.5 Å². The molecular formula is C15H17Cl3N2O4. The number of hydrogen-bond acceptors (Lipinski definition) is 3. The Morgan fingerprint density at radius 1 is 0.917 bits per heavy atom. The van der Waals surface area contributed by atoms with Crippen molar-refractivity contribution in [1.29, 1.82) is 0 Å². The average Bonchev–Trinajstić information content (AvgIpc) is 2.54. The van der Waals surface area contributed by atoms with E-state index in [2.05, 4.69) is 10.6 Å². The van der Waals surface area contributed by atoms with Crippen molar-refractivity contribution in [2.45, 2.75) is 25.7 Å². The van der Waals surface area contributed by atoms with Crippen molar-refractivity contribution in [2.24, 2.45) is 0 Å². The molecule has 0 heterocycles. The van der Waals surface area contributed by atoms with Gasteiger partial charge in [0.15, 0.2) is 0 Å². The van der Waals surface area contributed by atoms with Gasteiger partial charge in [0.2, 0.25) is 11.8 Å². The lowest BCUT2D eigenvalue weighted by Gasteiger charge is -2.13. The first-order valence-corrected chi connectivity index (χ1v) is 8.62. The fraction of sp³-hybridized carbons (Fsp3) is 0.400. The van der Waals surface area contributed by atoms with Crippen LogP contribution in [-0.2, 0) is 9.59 Å². The van der Waals surface area contributed by atoms with Gasteiger partial charge in [-0.2, -0.15) is 0 Å². The number of carbonyl (C=O) groups is 3. The van der Waals surface area contributed by atoms with E-state index in [1.165, 1.54) is 12.1 Å². The number of alkyl halides is 2. The zero-order valence-corrected chi connectivity index (χ0v) is 15.0. The number of anilines is 2. The molecule has 2 amide bonds. The third-order valence-electron chi connectivity index (χ3n) is 2.94. The number of halogens is 3. The van der Waals surface area contributed by atoms with Gasteiger partial charge in [-0.3, -0.25) is 9.59 Å². The SMILES string of the molecule is O=C(CCCCl)Nc1cc(C(=O)O)cc(NC(=O)CCCCl)c1Cl. The van der Waals surface area contributed by atoms with Gasteiger partial charge in [-0.15, -0.1) is 23.2 Å². The Morgan fingerprint density at radius 2 is 1.33 bits per heavy atom. The number of aromatic carboxylic acids is 1. The van der Waals surface area contributed by atoms with Crippen LogP contribution in [0.15, 0.2) is 12.1 Å². The molecule has 0 aromatic heterocycles. The maximum Gasteiger partial charge on any atom is 0.335 e. The van der Waals surface area contributed by atoms with E-state index in [4.69, 9.17) is 34.8 Å². The molecular weight excluding hydrogens is 379 g/mol. The highest BCUT2D eigenvalue weighted by Crippen LogP contribution is 2.32. The number of carbonyl (C=O) groups excluding carboxylic acids is 2. The first-order chi connectivity index (χ1) is 11.4. The normalized spacial score (nSPS) is 10.3. The first kappa shape index (κ1) is 20.5. The minimum Gasteiger partial charge on any atom is -0.478 e. The molecule has 0 aliphatic heterocycles. The predicted octanol–water partition coefficient (Wildman–Crippen LogP) is 3.95. The summed E-state index contributed by atoms with van der Waals surface area (Å²) < 4.78 is 0. The quantitative estimate of drug-likeness (QED) is 0.552. The van der Waals surface area contributed by atoms with Crippen LogP contribution in [0, 0.1) is 0 Å². The van der Waals surface area contributed by atoms with E-state index in [1.807, 2.05) is 0 Å². The van der Waals surface area contributed by atoms with Crippen LogP contribution in [0.4, 0.5) is 11.4 Å². The molecule has 0 bridgehead atoms. The van der Waals surface area contributed by atoms with Gasteiger partial charge in [-0.1, -0.05) is 11.6 Å². The summed E-state index contributed by atoms with van der Waals surface area (Å²) in [4.78, 5) is 34.8. The monoisotopic (exact) mass is 394 g/mol. The lowest BCUT2D eigenvalue weighted by Crippen LogP contribution is -2.15. The van der Waals surface area contributed by atoms with Gasteiger partial charge in [-0.25, -0.2) is 4.79 Å². The number of carboxylic acid groups (broad SMARTS) is 1. The molecule has 1 aromatic carbocycles. The highest BCUT2D eigenvalue weighted by molar-refractivity contribution is 6.37. The standard InChI is InChI=1S/C15H17Cl3N2O4/c16-5-1-3-12(21)19-10-7-9(15(23)24)8-11(14(10)18)20-13(22)4-2-6-17/h7-8H,1-6H2,(H,19,21)(H,20,22)(H,23,24). The Hall–Kier alpha value is -1.50. The molecule has 24 heavy (non-hydrogen) atoms. The molecule has 6 nitrogen and oxygen atoms in total. The second-order valence-corrected chi connectivity index (χ2v) is 6.01. The Bertz CT molecular complexity index is 580. The summed E-state index contributed by atoms with van der Waals surface area (Å²) in [6, 6.07) is 2.47. The number of carboxylic acids is 1. The molecule has 0 aliphatic carbocycles. The summed E-state index contributed by atoms with van der Waals surface area (Å²) in [5.41, 5.74) is 0.118. The van der Waals surface area contributed by atoms with Crippen molar-refractivity contribution < 1.29 is 19.5 Å². The van der Waals surface area contributed by atoms with Gasteiger partial charge < -0.3 is 15.7 Å². The molecule has 1 aromatic rings. The summed E-state index contributed by atoms with van der Waals surface area (Å²) in [5, 5.41) is 14.3.